The summed E-state index contributed by atoms with van der Waals surface area (Å²) in [6.45, 7) is 4.06. The molecule has 124 valence electrons. The molecule has 1 fully saturated rings. The number of methoxy groups -OCH3 is 1. The van der Waals surface area contributed by atoms with E-state index in [0.717, 1.165) is 54.8 Å². The van der Waals surface area contributed by atoms with Crippen molar-refractivity contribution in [1.82, 2.24) is 24.7 Å². The van der Waals surface area contributed by atoms with Gasteiger partial charge in [-0.15, -0.1) is 15.3 Å². The second-order valence-corrected chi connectivity index (χ2v) is 6.00. The number of fused-ring (bicyclic) bond motifs is 1. The first kappa shape index (κ1) is 14.9. The third-order valence-electron chi connectivity index (χ3n) is 4.42. The fourth-order valence-electron chi connectivity index (χ4n) is 2.90. The average molecular weight is 324 g/mol. The molecule has 1 aliphatic heterocycles. The molecular formula is C17H20N6O. The Labute approximate surface area is 140 Å². The summed E-state index contributed by atoms with van der Waals surface area (Å²) in [6, 6.07) is 11.8. The highest BCUT2D eigenvalue weighted by Gasteiger charge is 2.17. The number of piperazine rings is 1. The second-order valence-electron chi connectivity index (χ2n) is 6.00. The van der Waals surface area contributed by atoms with E-state index in [0.29, 0.717) is 0 Å². The molecule has 0 aliphatic carbocycles. The second kappa shape index (κ2) is 6.09. The third-order valence-corrected chi connectivity index (χ3v) is 4.42. The SMILES string of the molecule is COc1ccc(-c2nnc3ccc(N4CCN(C)CC4)nn23)cc1. The predicted molar refractivity (Wildman–Crippen MR) is 92.5 cm³/mol. The Kier molecular flexibility index (Phi) is 3.78. The normalized spacial score (nSPS) is 15.8. The Bertz CT molecular complexity index is 836. The molecule has 0 atom stereocenters. The first-order chi connectivity index (χ1) is 11.7. The fraction of sp³-hybridized carbons (Fsp3) is 0.353. The van der Waals surface area contributed by atoms with E-state index in [1.807, 2.05) is 40.9 Å². The van der Waals surface area contributed by atoms with Gasteiger partial charge in [0.15, 0.2) is 11.5 Å². The van der Waals surface area contributed by atoms with Gasteiger partial charge in [-0.05, 0) is 43.4 Å². The highest BCUT2D eigenvalue weighted by molar-refractivity contribution is 5.60. The molecule has 2 aromatic heterocycles. The van der Waals surface area contributed by atoms with Crippen LogP contribution in [-0.4, -0.2) is 65.0 Å². The number of aromatic nitrogens is 4. The van der Waals surface area contributed by atoms with Crippen molar-refractivity contribution in [3.8, 4) is 17.1 Å². The lowest BCUT2D eigenvalue weighted by atomic mass is 10.2. The van der Waals surface area contributed by atoms with Gasteiger partial charge >= 0.3 is 0 Å². The molecule has 4 rings (SSSR count). The Morgan fingerprint density at radius 2 is 1.67 bits per heavy atom. The lowest BCUT2D eigenvalue weighted by Gasteiger charge is -2.33. The number of ether oxygens (including phenoxy) is 1. The molecule has 0 bridgehead atoms. The van der Waals surface area contributed by atoms with E-state index in [4.69, 9.17) is 9.84 Å². The molecule has 0 N–H and O–H groups in total. The molecule has 3 aromatic rings. The van der Waals surface area contributed by atoms with E-state index in [1.165, 1.54) is 0 Å². The van der Waals surface area contributed by atoms with Crippen LogP contribution < -0.4 is 9.64 Å². The van der Waals surface area contributed by atoms with E-state index in [9.17, 15) is 0 Å². The molecule has 0 unspecified atom stereocenters. The molecule has 1 aromatic carbocycles. The predicted octanol–water partition coefficient (Wildman–Crippen LogP) is 1.55. The van der Waals surface area contributed by atoms with Gasteiger partial charge in [-0.3, -0.25) is 0 Å². The van der Waals surface area contributed by atoms with Crippen LogP contribution in [0, 0.1) is 0 Å². The quantitative estimate of drug-likeness (QED) is 0.728. The van der Waals surface area contributed by atoms with Crippen LogP contribution in [0.1, 0.15) is 0 Å². The Hall–Kier alpha value is -2.67. The summed E-state index contributed by atoms with van der Waals surface area (Å²) in [6.07, 6.45) is 0. The van der Waals surface area contributed by atoms with Gasteiger partial charge in [-0.2, -0.15) is 4.52 Å². The Morgan fingerprint density at radius 1 is 0.917 bits per heavy atom. The zero-order valence-electron chi connectivity index (χ0n) is 13.9. The van der Waals surface area contributed by atoms with E-state index in [-0.39, 0.29) is 0 Å². The summed E-state index contributed by atoms with van der Waals surface area (Å²) < 4.78 is 7.03. The van der Waals surface area contributed by atoms with E-state index < -0.39 is 0 Å². The van der Waals surface area contributed by atoms with Crippen molar-refractivity contribution >= 4 is 11.5 Å². The zero-order chi connectivity index (χ0) is 16.5. The highest BCUT2D eigenvalue weighted by Crippen LogP contribution is 2.22. The third kappa shape index (κ3) is 2.67. The summed E-state index contributed by atoms with van der Waals surface area (Å²) in [5.41, 5.74) is 1.71. The molecule has 3 heterocycles. The number of likely N-dealkylation sites (N-methyl/N-ethyl adjacent to an activating group) is 1. The van der Waals surface area contributed by atoms with Crippen molar-refractivity contribution in [2.24, 2.45) is 0 Å². The lowest BCUT2D eigenvalue weighted by molar-refractivity contribution is 0.311. The van der Waals surface area contributed by atoms with Crippen LogP contribution in [0.3, 0.4) is 0 Å². The van der Waals surface area contributed by atoms with Crippen molar-refractivity contribution in [3.05, 3.63) is 36.4 Å². The van der Waals surface area contributed by atoms with Crippen LogP contribution >= 0.6 is 0 Å². The van der Waals surface area contributed by atoms with Gasteiger partial charge in [0.25, 0.3) is 0 Å². The molecule has 0 saturated carbocycles. The van der Waals surface area contributed by atoms with E-state index in [2.05, 4.69) is 27.0 Å². The maximum absolute atomic E-state index is 5.21. The van der Waals surface area contributed by atoms with E-state index in [1.54, 1.807) is 7.11 Å². The van der Waals surface area contributed by atoms with Gasteiger partial charge in [0, 0.05) is 31.7 Å². The Balaban J connectivity index is 1.70. The van der Waals surface area contributed by atoms with Crippen LogP contribution in [0.5, 0.6) is 5.75 Å². The van der Waals surface area contributed by atoms with Crippen LogP contribution in [0.2, 0.25) is 0 Å². The minimum Gasteiger partial charge on any atom is -0.497 e. The zero-order valence-corrected chi connectivity index (χ0v) is 13.9. The van der Waals surface area contributed by atoms with Crippen molar-refractivity contribution in [3.63, 3.8) is 0 Å². The number of benzene rings is 1. The van der Waals surface area contributed by atoms with Crippen molar-refractivity contribution in [2.45, 2.75) is 0 Å². The molecule has 1 saturated heterocycles. The molecule has 24 heavy (non-hydrogen) atoms. The van der Waals surface area contributed by atoms with Gasteiger partial charge < -0.3 is 14.5 Å². The topological polar surface area (TPSA) is 58.8 Å². The summed E-state index contributed by atoms with van der Waals surface area (Å²) in [5, 5.41) is 13.3. The first-order valence-corrected chi connectivity index (χ1v) is 8.05. The molecular weight excluding hydrogens is 304 g/mol. The van der Waals surface area contributed by atoms with Gasteiger partial charge in [0.2, 0.25) is 0 Å². The van der Waals surface area contributed by atoms with Crippen LogP contribution in [0.15, 0.2) is 36.4 Å². The molecule has 0 radical (unpaired) electrons. The van der Waals surface area contributed by atoms with Gasteiger partial charge in [0.05, 0.1) is 7.11 Å². The van der Waals surface area contributed by atoms with Gasteiger partial charge in [0.1, 0.15) is 11.6 Å². The lowest BCUT2D eigenvalue weighted by Crippen LogP contribution is -2.44. The monoisotopic (exact) mass is 324 g/mol. The summed E-state index contributed by atoms with van der Waals surface area (Å²) in [4.78, 5) is 4.63. The summed E-state index contributed by atoms with van der Waals surface area (Å²) >= 11 is 0. The average Bonchev–Trinajstić information content (AvgIpc) is 3.05. The Morgan fingerprint density at radius 3 is 2.38 bits per heavy atom. The van der Waals surface area contributed by atoms with Gasteiger partial charge in [-0.1, -0.05) is 0 Å². The number of hydrogen-bond acceptors (Lipinski definition) is 6. The van der Waals surface area contributed by atoms with Gasteiger partial charge in [-0.25, -0.2) is 0 Å². The van der Waals surface area contributed by atoms with Crippen molar-refractivity contribution < 1.29 is 4.74 Å². The smallest absolute Gasteiger partial charge is 0.185 e. The van der Waals surface area contributed by atoms with Crippen molar-refractivity contribution in [1.29, 1.82) is 0 Å². The van der Waals surface area contributed by atoms with Crippen LogP contribution in [0.4, 0.5) is 5.82 Å². The minimum atomic E-state index is 0.739. The number of rotatable bonds is 3. The first-order valence-electron chi connectivity index (χ1n) is 8.05. The summed E-state index contributed by atoms with van der Waals surface area (Å²) in [5.74, 6) is 2.52. The number of hydrogen-bond donors (Lipinski definition) is 0. The maximum atomic E-state index is 5.21. The molecule has 0 spiro atoms. The maximum Gasteiger partial charge on any atom is 0.185 e. The molecule has 7 heteroatoms. The van der Waals surface area contributed by atoms with Crippen LogP contribution in [0.25, 0.3) is 17.0 Å². The fourth-order valence-corrected chi connectivity index (χ4v) is 2.90. The number of nitrogens with zero attached hydrogens (tertiary/aromatic N) is 6. The van der Waals surface area contributed by atoms with Crippen molar-refractivity contribution in [2.75, 3.05) is 45.2 Å². The summed E-state index contributed by atoms with van der Waals surface area (Å²) in [7, 11) is 3.81. The number of anilines is 1. The largest absolute Gasteiger partial charge is 0.497 e. The standard InChI is InChI=1S/C17H20N6O/c1-21-9-11-22(12-10-21)16-8-7-15-18-19-17(23(15)20-16)13-3-5-14(24-2)6-4-13/h3-8H,9-12H2,1-2H3. The molecule has 1 aliphatic rings. The molecule has 0 amide bonds. The molecule has 7 nitrogen and oxygen atoms in total. The highest BCUT2D eigenvalue weighted by atomic mass is 16.5. The van der Waals surface area contributed by atoms with Crippen LogP contribution in [-0.2, 0) is 0 Å². The minimum absolute atomic E-state index is 0.739. The van der Waals surface area contributed by atoms with E-state index >= 15 is 0 Å².